The van der Waals surface area contributed by atoms with Crippen LogP contribution in [0.4, 0.5) is 0 Å². The maximum Gasteiger partial charge on any atom is 0.326 e. The molecule has 1 fully saturated rings. The lowest BCUT2D eigenvalue weighted by atomic mass is 9.95. The van der Waals surface area contributed by atoms with Gasteiger partial charge in [-0.3, -0.25) is 14.5 Å². The van der Waals surface area contributed by atoms with E-state index in [4.69, 9.17) is 12.2 Å². The predicted molar refractivity (Wildman–Crippen MR) is 109 cm³/mol. The van der Waals surface area contributed by atoms with Crippen LogP contribution in [-0.2, 0) is 7.05 Å². The molecule has 0 aliphatic carbocycles. The number of piperidine rings is 1. The molecule has 0 saturated carbocycles. The Morgan fingerprint density at radius 3 is 2.68 bits per heavy atom. The van der Waals surface area contributed by atoms with Gasteiger partial charge in [-0.05, 0) is 57.1 Å². The molecule has 0 radical (unpaired) electrons. The second kappa shape index (κ2) is 7.05. The Bertz CT molecular complexity index is 1140. The van der Waals surface area contributed by atoms with Crippen molar-refractivity contribution in [1.82, 2.24) is 29.2 Å². The zero-order chi connectivity index (χ0) is 20.0. The molecule has 0 unspecified atom stereocenters. The molecule has 2 N–H and O–H groups in total. The van der Waals surface area contributed by atoms with Crippen molar-refractivity contribution in [3.05, 3.63) is 44.8 Å². The molecule has 4 rings (SSSR count). The van der Waals surface area contributed by atoms with Gasteiger partial charge in [0.2, 0.25) is 0 Å². The summed E-state index contributed by atoms with van der Waals surface area (Å²) in [6.45, 7) is 5.53. The quantitative estimate of drug-likeness (QED) is 0.661. The number of aryl methyl sites for hydroxylation is 1. The zero-order valence-corrected chi connectivity index (χ0v) is 17.0. The number of carbonyl (C=O) groups is 1. The van der Waals surface area contributed by atoms with Crippen molar-refractivity contribution in [2.45, 2.75) is 38.6 Å². The van der Waals surface area contributed by atoms with Crippen molar-refractivity contribution < 1.29 is 4.79 Å². The number of imidazole rings is 1. The smallest absolute Gasteiger partial charge is 0.326 e. The van der Waals surface area contributed by atoms with Crippen LogP contribution in [0, 0.1) is 4.77 Å². The average molecular weight is 401 g/mol. The van der Waals surface area contributed by atoms with E-state index in [9.17, 15) is 9.59 Å². The van der Waals surface area contributed by atoms with E-state index in [1.165, 1.54) is 4.57 Å². The van der Waals surface area contributed by atoms with Crippen molar-refractivity contribution in [1.29, 1.82) is 0 Å². The van der Waals surface area contributed by atoms with E-state index in [0.29, 0.717) is 28.9 Å². The maximum atomic E-state index is 12.9. The Morgan fingerprint density at radius 2 is 2.00 bits per heavy atom. The number of aromatic amines is 2. The molecule has 2 aromatic heterocycles. The van der Waals surface area contributed by atoms with Gasteiger partial charge in [0, 0.05) is 37.7 Å². The lowest BCUT2D eigenvalue weighted by Crippen LogP contribution is -2.38. The van der Waals surface area contributed by atoms with E-state index in [1.54, 1.807) is 19.2 Å². The average Bonchev–Trinajstić information content (AvgIpc) is 3.21. The van der Waals surface area contributed by atoms with Gasteiger partial charge in [-0.2, -0.15) is 5.10 Å². The summed E-state index contributed by atoms with van der Waals surface area (Å²) in [5, 5.41) is 7.34. The first-order chi connectivity index (χ1) is 13.4. The molecule has 9 heteroatoms. The predicted octanol–water partition coefficient (Wildman–Crippen LogP) is 2.72. The standard InChI is InChI=1S/C19H24N6O2S/c1-11(2)25-16(21-22-19(25)28)12-6-8-24(9-7-12)17(26)13-4-5-15-14(10-13)20-18(27)23(15)3/h4-5,10-12H,6-9H2,1-3H3,(H,20,27)(H,22,28). The maximum absolute atomic E-state index is 12.9. The minimum atomic E-state index is -0.181. The Kier molecular flexibility index (Phi) is 4.70. The molecule has 1 amide bonds. The van der Waals surface area contributed by atoms with E-state index in [-0.39, 0.29) is 23.6 Å². The third kappa shape index (κ3) is 3.09. The summed E-state index contributed by atoms with van der Waals surface area (Å²) in [5.41, 5.74) is 1.88. The van der Waals surface area contributed by atoms with E-state index >= 15 is 0 Å². The summed E-state index contributed by atoms with van der Waals surface area (Å²) in [4.78, 5) is 29.4. The molecule has 148 valence electrons. The van der Waals surface area contributed by atoms with Gasteiger partial charge in [-0.15, -0.1) is 0 Å². The van der Waals surface area contributed by atoms with Crippen molar-refractivity contribution in [3.8, 4) is 0 Å². The van der Waals surface area contributed by atoms with Crippen molar-refractivity contribution in [2.24, 2.45) is 7.05 Å². The third-order valence-electron chi connectivity index (χ3n) is 5.55. The van der Waals surface area contributed by atoms with Gasteiger partial charge in [0.25, 0.3) is 5.91 Å². The number of aromatic nitrogens is 5. The Labute approximate surface area is 167 Å². The van der Waals surface area contributed by atoms with Crippen molar-refractivity contribution in [3.63, 3.8) is 0 Å². The van der Waals surface area contributed by atoms with Crippen LogP contribution in [-0.4, -0.2) is 48.2 Å². The van der Waals surface area contributed by atoms with Crippen LogP contribution in [0.1, 0.15) is 54.8 Å². The fourth-order valence-corrected chi connectivity index (χ4v) is 4.35. The number of rotatable bonds is 3. The first-order valence-corrected chi connectivity index (χ1v) is 9.92. The van der Waals surface area contributed by atoms with Gasteiger partial charge >= 0.3 is 5.69 Å². The highest BCUT2D eigenvalue weighted by Gasteiger charge is 2.28. The van der Waals surface area contributed by atoms with Gasteiger partial charge in [-0.1, -0.05) is 0 Å². The first-order valence-electron chi connectivity index (χ1n) is 9.51. The monoisotopic (exact) mass is 400 g/mol. The van der Waals surface area contributed by atoms with E-state index in [0.717, 1.165) is 24.2 Å². The van der Waals surface area contributed by atoms with Crippen molar-refractivity contribution >= 4 is 29.2 Å². The fourth-order valence-electron chi connectivity index (χ4n) is 4.00. The molecular formula is C19H24N6O2S. The molecule has 1 aromatic carbocycles. The van der Waals surface area contributed by atoms with E-state index < -0.39 is 0 Å². The molecule has 1 saturated heterocycles. The topological polar surface area (TPSA) is 91.7 Å². The highest BCUT2D eigenvalue weighted by Crippen LogP contribution is 2.29. The summed E-state index contributed by atoms with van der Waals surface area (Å²) < 4.78 is 4.25. The van der Waals surface area contributed by atoms with Crippen LogP contribution in [0.15, 0.2) is 23.0 Å². The highest BCUT2D eigenvalue weighted by molar-refractivity contribution is 7.71. The molecule has 0 spiro atoms. The second-order valence-electron chi connectivity index (χ2n) is 7.64. The SMILES string of the molecule is CC(C)n1c(C2CCN(C(=O)c3ccc4c(c3)[nH]c(=O)n4C)CC2)n[nH]c1=S. The van der Waals surface area contributed by atoms with Crippen LogP contribution < -0.4 is 5.69 Å². The summed E-state index contributed by atoms with van der Waals surface area (Å²) in [6.07, 6.45) is 1.70. The Balaban J connectivity index is 1.50. The number of likely N-dealkylation sites (tertiary alicyclic amines) is 1. The van der Waals surface area contributed by atoms with Crippen molar-refractivity contribution in [2.75, 3.05) is 13.1 Å². The minimum Gasteiger partial charge on any atom is -0.339 e. The van der Waals surface area contributed by atoms with Gasteiger partial charge in [0.1, 0.15) is 5.82 Å². The molecule has 28 heavy (non-hydrogen) atoms. The van der Waals surface area contributed by atoms with E-state index in [2.05, 4.69) is 33.6 Å². The molecule has 1 aliphatic heterocycles. The lowest BCUT2D eigenvalue weighted by Gasteiger charge is -2.32. The number of amides is 1. The number of nitrogens with one attached hydrogen (secondary N) is 2. The highest BCUT2D eigenvalue weighted by atomic mass is 32.1. The van der Waals surface area contributed by atoms with Gasteiger partial charge < -0.3 is 14.5 Å². The summed E-state index contributed by atoms with van der Waals surface area (Å²) in [5.74, 6) is 1.26. The fraction of sp³-hybridized carbons (Fsp3) is 0.474. The molecule has 8 nitrogen and oxygen atoms in total. The van der Waals surface area contributed by atoms with E-state index in [1.807, 2.05) is 11.0 Å². The number of carbonyl (C=O) groups excluding carboxylic acids is 1. The molecule has 0 bridgehead atoms. The van der Waals surface area contributed by atoms with Crippen LogP contribution in [0.5, 0.6) is 0 Å². The summed E-state index contributed by atoms with van der Waals surface area (Å²) >= 11 is 5.35. The number of benzene rings is 1. The molecule has 0 atom stereocenters. The van der Waals surface area contributed by atoms with Crippen LogP contribution in [0.3, 0.4) is 0 Å². The molecular weight excluding hydrogens is 376 g/mol. The Morgan fingerprint density at radius 1 is 1.29 bits per heavy atom. The number of hydrogen-bond donors (Lipinski definition) is 2. The number of hydrogen-bond acceptors (Lipinski definition) is 4. The molecule has 3 heterocycles. The third-order valence-corrected chi connectivity index (χ3v) is 5.83. The normalized spacial score (nSPS) is 15.6. The number of nitrogens with zero attached hydrogens (tertiary/aromatic N) is 4. The van der Waals surface area contributed by atoms with Crippen LogP contribution in [0.25, 0.3) is 11.0 Å². The molecule has 3 aromatic rings. The van der Waals surface area contributed by atoms with Gasteiger partial charge in [0.15, 0.2) is 4.77 Å². The van der Waals surface area contributed by atoms with Crippen LogP contribution >= 0.6 is 12.2 Å². The number of H-pyrrole nitrogens is 2. The van der Waals surface area contributed by atoms with Gasteiger partial charge in [0.05, 0.1) is 11.0 Å². The summed E-state index contributed by atoms with van der Waals surface area (Å²) in [7, 11) is 1.71. The second-order valence-corrected chi connectivity index (χ2v) is 8.02. The molecule has 1 aliphatic rings. The summed E-state index contributed by atoms with van der Waals surface area (Å²) in [6, 6.07) is 5.61. The largest absolute Gasteiger partial charge is 0.339 e. The number of fused-ring (bicyclic) bond motifs is 1. The first kappa shape index (κ1) is 18.7. The zero-order valence-electron chi connectivity index (χ0n) is 16.2. The van der Waals surface area contributed by atoms with Gasteiger partial charge in [-0.25, -0.2) is 4.79 Å². The van der Waals surface area contributed by atoms with Crippen LogP contribution in [0.2, 0.25) is 0 Å². The minimum absolute atomic E-state index is 0.00669. The lowest BCUT2D eigenvalue weighted by molar-refractivity contribution is 0.0710. The Hall–Kier alpha value is -2.68.